The van der Waals surface area contributed by atoms with Crippen LogP contribution in [-0.2, 0) is 0 Å². The molecule has 3 nitrogen and oxygen atoms in total. The number of hydrogen-bond acceptors (Lipinski definition) is 3. The van der Waals surface area contributed by atoms with Crippen LogP contribution in [0.3, 0.4) is 0 Å². The molecule has 0 bridgehead atoms. The van der Waals surface area contributed by atoms with Crippen LogP contribution in [-0.4, -0.2) is 5.97 Å². The molecule has 0 aliphatic rings. The first-order valence-electron chi connectivity index (χ1n) is 17.5. The van der Waals surface area contributed by atoms with E-state index in [0.29, 0.717) is 0 Å². The summed E-state index contributed by atoms with van der Waals surface area (Å²) >= 11 is 0. The molecule has 3 rings (SSSR count). The van der Waals surface area contributed by atoms with Crippen LogP contribution in [0.15, 0.2) is 91.0 Å². The summed E-state index contributed by atoms with van der Waals surface area (Å²) in [4.78, 5) is 0. The van der Waals surface area contributed by atoms with Crippen molar-refractivity contribution in [3.63, 3.8) is 0 Å². The number of benzene rings is 3. The minimum absolute atomic E-state index is 0.0633. The van der Waals surface area contributed by atoms with Crippen LogP contribution >= 0.6 is 0 Å². The fraction of sp³-hybridized carbons (Fsp3) is 0.550. The maximum Gasteiger partial charge on any atom is 0.420 e. The molecule has 3 heteroatoms. The van der Waals surface area contributed by atoms with Gasteiger partial charge < -0.3 is 14.2 Å². The van der Waals surface area contributed by atoms with Crippen molar-refractivity contribution in [3.8, 4) is 17.2 Å². The minimum Gasteiger partial charge on any atom is -0.420 e. The SMILES string of the molecule is CCCCCCCCCCCCC(CCCCCCCC)C(Oc1ccccc1)(Oc1ccccc1)Oc1ccccc1. The second-order valence-corrected chi connectivity index (χ2v) is 12.1. The summed E-state index contributed by atoms with van der Waals surface area (Å²) in [5.41, 5.74) is 0. The van der Waals surface area contributed by atoms with Gasteiger partial charge in [0.15, 0.2) is 0 Å². The second kappa shape index (κ2) is 21.7. The normalized spacial score (nSPS) is 12.1. The summed E-state index contributed by atoms with van der Waals surface area (Å²) < 4.78 is 20.6. The monoisotopic (exact) mass is 586 g/mol. The lowest BCUT2D eigenvalue weighted by atomic mass is 9.91. The maximum absolute atomic E-state index is 6.87. The number of hydrogen-bond donors (Lipinski definition) is 0. The van der Waals surface area contributed by atoms with Gasteiger partial charge in [0.05, 0.1) is 5.92 Å². The zero-order valence-corrected chi connectivity index (χ0v) is 27.2. The van der Waals surface area contributed by atoms with Gasteiger partial charge in [-0.3, -0.25) is 0 Å². The molecule has 0 saturated heterocycles. The van der Waals surface area contributed by atoms with Crippen LogP contribution < -0.4 is 14.2 Å². The molecule has 3 aromatic carbocycles. The molecule has 0 aliphatic heterocycles. The predicted octanol–water partition coefficient (Wildman–Crippen LogP) is 12.6. The topological polar surface area (TPSA) is 27.7 Å². The van der Waals surface area contributed by atoms with Gasteiger partial charge in [-0.05, 0) is 49.2 Å². The second-order valence-electron chi connectivity index (χ2n) is 12.1. The number of rotatable bonds is 25. The van der Waals surface area contributed by atoms with E-state index >= 15 is 0 Å². The Kier molecular flexibility index (Phi) is 17.4. The molecule has 0 heterocycles. The Morgan fingerprint density at radius 3 is 0.977 bits per heavy atom. The van der Waals surface area contributed by atoms with Gasteiger partial charge in [-0.1, -0.05) is 171 Å². The van der Waals surface area contributed by atoms with Gasteiger partial charge in [0.1, 0.15) is 17.2 Å². The molecule has 0 fully saturated rings. The summed E-state index contributed by atoms with van der Waals surface area (Å²) in [6, 6.07) is 30.1. The van der Waals surface area contributed by atoms with E-state index in [9.17, 15) is 0 Å². The van der Waals surface area contributed by atoms with E-state index in [1.807, 2.05) is 91.0 Å². The lowest BCUT2D eigenvalue weighted by molar-refractivity contribution is -0.288. The van der Waals surface area contributed by atoms with Crippen LogP contribution in [0.2, 0.25) is 0 Å². The molecule has 0 aromatic heterocycles. The third kappa shape index (κ3) is 13.9. The van der Waals surface area contributed by atoms with E-state index < -0.39 is 5.97 Å². The molecule has 0 saturated carbocycles. The van der Waals surface area contributed by atoms with Gasteiger partial charge in [0, 0.05) is 0 Å². The van der Waals surface area contributed by atoms with E-state index in [0.717, 1.165) is 42.9 Å². The lowest BCUT2D eigenvalue weighted by Gasteiger charge is -2.40. The van der Waals surface area contributed by atoms with Crippen LogP contribution in [0.5, 0.6) is 17.2 Å². The molecule has 0 N–H and O–H groups in total. The smallest absolute Gasteiger partial charge is 0.420 e. The zero-order chi connectivity index (χ0) is 30.3. The van der Waals surface area contributed by atoms with Gasteiger partial charge >= 0.3 is 5.97 Å². The first-order valence-corrected chi connectivity index (χ1v) is 17.5. The summed E-state index contributed by atoms with van der Waals surface area (Å²) in [6.07, 6.45) is 22.8. The molecule has 1 unspecified atom stereocenters. The highest BCUT2D eigenvalue weighted by Gasteiger charge is 2.47. The van der Waals surface area contributed by atoms with Crippen LogP contribution in [0, 0.1) is 5.92 Å². The average molecular weight is 587 g/mol. The number of ether oxygens (including phenoxy) is 3. The summed E-state index contributed by atoms with van der Waals surface area (Å²) in [5, 5.41) is 0. The Labute approximate surface area is 263 Å². The molecule has 0 aliphatic carbocycles. The molecule has 43 heavy (non-hydrogen) atoms. The van der Waals surface area contributed by atoms with E-state index in [1.54, 1.807) is 0 Å². The summed E-state index contributed by atoms with van der Waals surface area (Å²) in [5.74, 6) is 1.04. The van der Waals surface area contributed by atoms with Gasteiger partial charge in [-0.25, -0.2) is 0 Å². The summed E-state index contributed by atoms with van der Waals surface area (Å²) in [7, 11) is 0. The maximum atomic E-state index is 6.87. The van der Waals surface area contributed by atoms with Crippen molar-refractivity contribution in [1.82, 2.24) is 0 Å². The van der Waals surface area contributed by atoms with Gasteiger partial charge in [0.2, 0.25) is 0 Å². The van der Waals surface area contributed by atoms with E-state index in [4.69, 9.17) is 14.2 Å². The van der Waals surface area contributed by atoms with Gasteiger partial charge in [0.25, 0.3) is 0 Å². The number of unbranched alkanes of at least 4 members (excludes halogenated alkanes) is 14. The predicted molar refractivity (Wildman–Crippen MR) is 182 cm³/mol. The largest absolute Gasteiger partial charge is 0.420 e. The van der Waals surface area contributed by atoms with Crippen molar-refractivity contribution in [1.29, 1.82) is 0 Å². The Balaban J connectivity index is 1.80. The molecular formula is C40H58O3. The van der Waals surface area contributed by atoms with Gasteiger partial charge in [-0.2, -0.15) is 0 Å². The molecular weight excluding hydrogens is 528 g/mol. The fourth-order valence-corrected chi connectivity index (χ4v) is 5.82. The van der Waals surface area contributed by atoms with Crippen LogP contribution in [0.25, 0.3) is 0 Å². The first-order chi connectivity index (χ1) is 21.3. The van der Waals surface area contributed by atoms with E-state index in [1.165, 1.54) is 89.9 Å². The van der Waals surface area contributed by atoms with Gasteiger partial charge in [-0.15, -0.1) is 0 Å². The highest BCUT2D eigenvalue weighted by molar-refractivity contribution is 5.26. The standard InChI is InChI=1S/C40H58O3/c1-3-5-7-9-11-12-13-14-16-21-29-36(28-20-15-10-8-6-4-2)40(41-37-30-22-17-23-31-37,42-38-32-24-18-25-33-38)43-39-34-26-19-27-35-39/h17-19,22-27,30-36H,3-16,20-21,28-29H2,1-2H3. The molecule has 3 aromatic rings. The van der Waals surface area contributed by atoms with Crippen molar-refractivity contribution in [2.75, 3.05) is 0 Å². The van der Waals surface area contributed by atoms with Crippen molar-refractivity contribution in [2.24, 2.45) is 5.92 Å². The zero-order valence-electron chi connectivity index (χ0n) is 27.2. The fourth-order valence-electron chi connectivity index (χ4n) is 5.82. The number of para-hydroxylation sites is 3. The average Bonchev–Trinajstić information content (AvgIpc) is 3.04. The Bertz CT molecular complexity index is 936. The van der Waals surface area contributed by atoms with Crippen molar-refractivity contribution in [3.05, 3.63) is 91.0 Å². The third-order valence-electron chi connectivity index (χ3n) is 8.32. The van der Waals surface area contributed by atoms with Crippen molar-refractivity contribution >= 4 is 0 Å². The summed E-state index contributed by atoms with van der Waals surface area (Å²) in [6.45, 7) is 4.56. The highest BCUT2D eigenvalue weighted by atomic mass is 16.9. The van der Waals surface area contributed by atoms with Crippen LogP contribution in [0.4, 0.5) is 0 Å². The quantitative estimate of drug-likeness (QED) is 0.0730. The Morgan fingerprint density at radius 2 is 0.674 bits per heavy atom. The molecule has 0 amide bonds. The van der Waals surface area contributed by atoms with Crippen LogP contribution in [0.1, 0.15) is 129 Å². The molecule has 0 spiro atoms. The molecule has 236 valence electrons. The first kappa shape index (κ1) is 34.5. The van der Waals surface area contributed by atoms with Crippen molar-refractivity contribution in [2.45, 2.75) is 135 Å². The lowest BCUT2D eigenvalue weighted by Crippen LogP contribution is -2.54. The third-order valence-corrected chi connectivity index (χ3v) is 8.32. The molecule has 0 radical (unpaired) electrons. The van der Waals surface area contributed by atoms with Crippen molar-refractivity contribution < 1.29 is 14.2 Å². The minimum atomic E-state index is -1.28. The highest BCUT2D eigenvalue weighted by Crippen LogP contribution is 2.37. The Hall–Kier alpha value is -2.94. The Morgan fingerprint density at radius 1 is 0.395 bits per heavy atom. The molecule has 1 atom stereocenters. The van der Waals surface area contributed by atoms with E-state index in [2.05, 4.69) is 13.8 Å². The van der Waals surface area contributed by atoms with E-state index in [-0.39, 0.29) is 5.92 Å².